The molecule has 0 unspecified atom stereocenters. The van der Waals surface area contributed by atoms with Gasteiger partial charge in [0.2, 0.25) is 5.89 Å². The number of carbonyl (C=O) groups excluding carboxylic acids is 2. The van der Waals surface area contributed by atoms with Crippen molar-refractivity contribution in [2.24, 2.45) is 34.0 Å². The minimum Gasteiger partial charge on any atom is -0.461 e. The lowest BCUT2D eigenvalue weighted by Crippen LogP contribution is -2.63. The number of ketones is 1. The number of aromatic nitrogens is 3. The molecule has 0 radical (unpaired) electrons. The lowest BCUT2D eigenvalue weighted by atomic mass is 9.44. The molecule has 0 amide bonds. The second kappa shape index (κ2) is 12.9. The molecule has 8 atom stereocenters. The molecule has 2 aromatic heterocycles. The van der Waals surface area contributed by atoms with Crippen LogP contribution in [0.4, 0.5) is 5.69 Å². The predicted molar refractivity (Wildman–Crippen MR) is 177 cm³/mol. The van der Waals surface area contributed by atoms with Crippen molar-refractivity contribution in [3.8, 4) is 11.5 Å². The van der Waals surface area contributed by atoms with Crippen LogP contribution in [-0.4, -0.2) is 49.9 Å². The predicted octanol–water partition coefficient (Wildman–Crippen LogP) is 5.98. The quantitative estimate of drug-likeness (QED) is 0.0717. The molecule has 0 saturated heterocycles. The van der Waals surface area contributed by atoms with Crippen LogP contribution in [0.15, 0.2) is 71.1 Å². The second-order valence-electron chi connectivity index (χ2n) is 14.4. The van der Waals surface area contributed by atoms with Crippen molar-refractivity contribution in [1.82, 2.24) is 10.2 Å². The van der Waals surface area contributed by atoms with Crippen molar-refractivity contribution < 1.29 is 33.3 Å². The zero-order valence-corrected chi connectivity index (χ0v) is 28.7. The molecule has 3 fully saturated rings. The van der Waals surface area contributed by atoms with Crippen LogP contribution in [0.3, 0.4) is 0 Å². The Balaban J connectivity index is 1.14. The van der Waals surface area contributed by atoms with Crippen molar-refractivity contribution >= 4 is 29.2 Å². The van der Waals surface area contributed by atoms with E-state index in [2.05, 4.69) is 37.5 Å². The van der Waals surface area contributed by atoms with Gasteiger partial charge in [-0.3, -0.25) is 19.7 Å². The summed E-state index contributed by atoms with van der Waals surface area (Å²) in [7, 11) is 0. The van der Waals surface area contributed by atoms with E-state index in [0.717, 1.165) is 36.6 Å². The van der Waals surface area contributed by atoms with E-state index in [-0.39, 0.29) is 45.6 Å². The van der Waals surface area contributed by atoms with E-state index in [4.69, 9.17) is 9.15 Å². The summed E-state index contributed by atoms with van der Waals surface area (Å²) in [6.07, 6.45) is 7.60. The van der Waals surface area contributed by atoms with Gasteiger partial charge in [-0.2, -0.15) is 0 Å². The van der Waals surface area contributed by atoms with Crippen LogP contribution >= 0.6 is 11.8 Å². The lowest BCUT2D eigenvalue weighted by Gasteiger charge is -2.61. The summed E-state index contributed by atoms with van der Waals surface area (Å²) < 4.78 is 14.1. The first-order chi connectivity index (χ1) is 22.8. The summed E-state index contributed by atoms with van der Waals surface area (Å²) in [5, 5.41) is 31.1. The highest BCUT2D eigenvalue weighted by Gasteiger charge is 2.68. The molecule has 12 heteroatoms. The summed E-state index contributed by atoms with van der Waals surface area (Å²) in [5.41, 5.74) is 0.0616. The van der Waals surface area contributed by atoms with E-state index >= 15 is 0 Å². The molecular weight excluding hydrogens is 632 g/mol. The number of Topliss-reactive ketones (excluding diaryl/α,β-unsaturated/α-hetero) is 1. The fourth-order valence-electron chi connectivity index (χ4n) is 8.84. The number of nitro benzene ring substituents is 1. The largest absolute Gasteiger partial charge is 0.461 e. The molecule has 11 nitrogen and oxygen atoms in total. The number of non-ortho nitro benzene ring substituents is 1. The Morgan fingerprint density at radius 2 is 1.90 bits per heavy atom. The van der Waals surface area contributed by atoms with Crippen LogP contribution in [-0.2, 0) is 20.9 Å². The molecule has 2 heterocycles. The first-order valence-electron chi connectivity index (χ1n) is 16.5. The summed E-state index contributed by atoms with van der Waals surface area (Å²) >= 11 is 1.09. The molecule has 1 N–H and O–H groups in total. The van der Waals surface area contributed by atoms with Crippen LogP contribution in [0.5, 0.6) is 0 Å². The first kappa shape index (κ1) is 34.0. The smallest absolute Gasteiger partial charge is 0.316 e. The maximum atomic E-state index is 13.6. The van der Waals surface area contributed by atoms with Gasteiger partial charge in [-0.15, -0.1) is 16.8 Å². The average Bonchev–Trinajstić information content (AvgIpc) is 3.70. The van der Waals surface area contributed by atoms with Crippen molar-refractivity contribution in [1.29, 1.82) is 0 Å². The number of pyridine rings is 1. The van der Waals surface area contributed by atoms with Crippen molar-refractivity contribution in [3.05, 3.63) is 77.1 Å². The summed E-state index contributed by atoms with van der Waals surface area (Å²) in [5.74, 6) is -0.198. The van der Waals surface area contributed by atoms with Gasteiger partial charge in [-0.05, 0) is 55.1 Å². The lowest BCUT2D eigenvalue weighted by molar-refractivity contribution is -0.688. The van der Waals surface area contributed by atoms with E-state index in [0.29, 0.717) is 30.8 Å². The summed E-state index contributed by atoms with van der Waals surface area (Å²) in [6, 6.07) is 10.1. The number of hydrogen-bond donors (Lipinski definition) is 1. The SMILES string of the molecule is C=C[C@]1(C)C[C@@H](OC(=O)CSc2nnc(-c3cc[n+](Cc4ccc([N+](=O)[O-])cc4)cc3)o2)[C@]2(C)[C@H](C)CC[C@]3(CCC(=O)[C@H]32)[C@@H](C)[C@@H]1O. The highest BCUT2D eigenvalue weighted by molar-refractivity contribution is 7.99. The molecule has 3 aliphatic rings. The van der Waals surface area contributed by atoms with Gasteiger partial charge in [0, 0.05) is 53.0 Å². The van der Waals surface area contributed by atoms with Gasteiger partial charge < -0.3 is 14.3 Å². The van der Waals surface area contributed by atoms with Crippen LogP contribution in [0.1, 0.15) is 65.4 Å². The van der Waals surface area contributed by atoms with Crippen molar-refractivity contribution in [3.63, 3.8) is 0 Å². The van der Waals surface area contributed by atoms with Crippen molar-refractivity contribution in [2.45, 2.75) is 83.8 Å². The Morgan fingerprint density at radius 3 is 2.56 bits per heavy atom. The van der Waals surface area contributed by atoms with E-state index in [9.17, 15) is 24.8 Å². The highest BCUT2D eigenvalue weighted by atomic mass is 32.2. The normalized spacial score (nSPS) is 32.9. The fourth-order valence-corrected chi connectivity index (χ4v) is 9.38. The minimum atomic E-state index is -0.719. The van der Waals surface area contributed by atoms with Crippen molar-refractivity contribution in [2.75, 3.05) is 5.75 Å². The van der Waals surface area contributed by atoms with Crippen LogP contribution < -0.4 is 4.57 Å². The topological polar surface area (TPSA) is 150 Å². The number of hydrogen-bond acceptors (Lipinski definition) is 10. The second-order valence-corrected chi connectivity index (χ2v) is 15.3. The van der Waals surface area contributed by atoms with Gasteiger partial charge in [0.05, 0.1) is 16.6 Å². The van der Waals surface area contributed by atoms with E-state index in [1.54, 1.807) is 18.2 Å². The van der Waals surface area contributed by atoms with Gasteiger partial charge in [-0.25, -0.2) is 4.57 Å². The third kappa shape index (κ3) is 5.87. The molecule has 254 valence electrons. The molecular formula is C36H43N4O7S+. The number of aliphatic hydroxyl groups is 1. The Labute approximate surface area is 284 Å². The van der Waals surface area contributed by atoms with Gasteiger partial charge >= 0.3 is 5.97 Å². The Hall–Kier alpha value is -3.90. The molecule has 2 bridgehead atoms. The number of rotatable bonds is 9. The Kier molecular flexibility index (Phi) is 9.10. The number of thioether (sulfide) groups is 1. The van der Waals surface area contributed by atoms with E-state index < -0.39 is 33.9 Å². The summed E-state index contributed by atoms with van der Waals surface area (Å²) in [6.45, 7) is 13.0. The minimum absolute atomic E-state index is 0.0483. The maximum Gasteiger partial charge on any atom is 0.316 e. The first-order valence-corrected chi connectivity index (χ1v) is 17.5. The van der Waals surface area contributed by atoms with E-state index in [1.807, 2.05) is 36.0 Å². The number of esters is 1. The van der Waals surface area contributed by atoms with Gasteiger partial charge in [0.15, 0.2) is 18.9 Å². The number of nitro groups is 1. The van der Waals surface area contributed by atoms with Crippen LogP contribution in [0.25, 0.3) is 11.5 Å². The number of aliphatic hydroxyl groups excluding tert-OH is 1. The molecule has 48 heavy (non-hydrogen) atoms. The number of nitrogens with zero attached hydrogens (tertiary/aromatic N) is 4. The van der Waals surface area contributed by atoms with Crippen LogP contribution in [0, 0.1) is 44.1 Å². The number of carbonyl (C=O) groups is 2. The molecule has 6 rings (SSSR count). The molecule has 1 aromatic carbocycles. The zero-order valence-electron chi connectivity index (χ0n) is 27.8. The molecule has 0 spiro atoms. The highest BCUT2D eigenvalue weighted by Crippen LogP contribution is 2.68. The molecule has 3 aliphatic carbocycles. The van der Waals surface area contributed by atoms with E-state index in [1.165, 1.54) is 12.1 Å². The monoisotopic (exact) mass is 675 g/mol. The molecule has 0 aliphatic heterocycles. The fraction of sp³-hybridized carbons (Fsp3) is 0.528. The molecule has 3 aromatic rings. The maximum absolute atomic E-state index is 13.6. The average molecular weight is 676 g/mol. The Morgan fingerprint density at radius 1 is 1.19 bits per heavy atom. The third-order valence-corrected chi connectivity index (χ3v) is 12.7. The standard InChI is InChI=1S/C36H43N4O7S/c1-6-34(4)19-28(35(5)22(2)11-15-36(23(3)31(34)43)16-12-27(41)30(35)36)46-29(42)21-48-33-38-37-32(47-33)25-13-17-39(18-14-25)20-24-7-9-26(10-8-24)40(44)45/h6-10,13-14,17-18,22-23,28,30-31,43H,1,11-12,15-16,19-21H2,2-5H3/q+1/t22-,23+,28-,30+,31+,34-,35+,36+/m1/s1. The van der Waals surface area contributed by atoms with Gasteiger partial charge in [0.1, 0.15) is 17.6 Å². The number of benzene rings is 1. The van der Waals surface area contributed by atoms with Gasteiger partial charge in [0.25, 0.3) is 10.9 Å². The van der Waals surface area contributed by atoms with Crippen LogP contribution in [0.2, 0.25) is 0 Å². The molecule has 3 saturated carbocycles. The van der Waals surface area contributed by atoms with Gasteiger partial charge in [-0.1, -0.05) is 45.5 Å². The Bertz CT molecular complexity index is 1710. The summed E-state index contributed by atoms with van der Waals surface area (Å²) in [4.78, 5) is 37.6. The third-order valence-electron chi connectivity index (χ3n) is 11.9. The number of ether oxygens (including phenoxy) is 1. The zero-order chi connectivity index (χ0) is 34.4.